The van der Waals surface area contributed by atoms with Crippen LogP contribution in [0.1, 0.15) is 18.5 Å². The van der Waals surface area contributed by atoms with Gasteiger partial charge in [-0.3, -0.25) is 4.68 Å². The van der Waals surface area contributed by atoms with E-state index in [4.69, 9.17) is 5.10 Å². The van der Waals surface area contributed by atoms with Gasteiger partial charge < -0.3 is 4.90 Å². The Hall–Kier alpha value is -2.53. The van der Waals surface area contributed by atoms with E-state index in [1.165, 1.54) is 25.9 Å². The number of likely N-dealkylation sites (tertiary alicyclic amines) is 1. The van der Waals surface area contributed by atoms with Gasteiger partial charge in [0.15, 0.2) is 0 Å². The van der Waals surface area contributed by atoms with E-state index in [1.807, 2.05) is 23.7 Å². The SMILES string of the molecule is Cc1ccc(-c2cccc(-c3ccn(CCN4CCCC4)n3)c2)nn1. The average molecular weight is 333 g/mol. The highest BCUT2D eigenvalue weighted by Crippen LogP contribution is 2.24. The molecule has 25 heavy (non-hydrogen) atoms. The third-order valence-corrected chi connectivity index (χ3v) is 4.74. The van der Waals surface area contributed by atoms with Crippen molar-refractivity contribution in [1.29, 1.82) is 0 Å². The molecule has 1 aromatic carbocycles. The quantitative estimate of drug-likeness (QED) is 0.718. The van der Waals surface area contributed by atoms with Crippen molar-refractivity contribution >= 4 is 0 Å². The van der Waals surface area contributed by atoms with Gasteiger partial charge >= 0.3 is 0 Å². The maximum absolute atomic E-state index is 4.74. The molecule has 0 amide bonds. The Kier molecular flexibility index (Phi) is 4.57. The zero-order valence-corrected chi connectivity index (χ0v) is 14.6. The molecule has 1 saturated heterocycles. The zero-order chi connectivity index (χ0) is 17.1. The van der Waals surface area contributed by atoms with Crippen LogP contribution in [0, 0.1) is 6.92 Å². The standard InChI is InChI=1S/C20H23N5/c1-16-7-8-19(22-21-16)17-5-4-6-18(15-17)20-9-12-25(23-20)14-13-24-10-2-3-11-24/h4-9,12,15H,2-3,10-11,13-14H2,1H3. The third-order valence-electron chi connectivity index (χ3n) is 4.74. The van der Waals surface area contributed by atoms with Gasteiger partial charge in [-0.25, -0.2) is 0 Å². The predicted molar refractivity (Wildman–Crippen MR) is 99.1 cm³/mol. The summed E-state index contributed by atoms with van der Waals surface area (Å²) in [4.78, 5) is 2.51. The molecule has 5 nitrogen and oxygen atoms in total. The predicted octanol–water partition coefficient (Wildman–Crippen LogP) is 3.41. The fraction of sp³-hybridized carbons (Fsp3) is 0.350. The lowest BCUT2D eigenvalue weighted by Gasteiger charge is -2.13. The fourth-order valence-corrected chi connectivity index (χ4v) is 3.28. The van der Waals surface area contributed by atoms with Crippen LogP contribution in [0.4, 0.5) is 0 Å². The van der Waals surface area contributed by atoms with Crippen LogP contribution in [0.25, 0.3) is 22.5 Å². The van der Waals surface area contributed by atoms with Gasteiger partial charge in [-0.15, -0.1) is 0 Å². The van der Waals surface area contributed by atoms with Crippen molar-refractivity contribution in [2.45, 2.75) is 26.3 Å². The summed E-state index contributed by atoms with van der Waals surface area (Å²) in [5.74, 6) is 0. The summed E-state index contributed by atoms with van der Waals surface area (Å²) >= 11 is 0. The molecule has 3 heterocycles. The molecule has 3 aromatic rings. The summed E-state index contributed by atoms with van der Waals surface area (Å²) in [6.07, 6.45) is 4.74. The van der Waals surface area contributed by atoms with Crippen LogP contribution in [0.3, 0.4) is 0 Å². The minimum Gasteiger partial charge on any atom is -0.301 e. The number of aromatic nitrogens is 4. The summed E-state index contributed by atoms with van der Waals surface area (Å²) in [5.41, 5.74) is 5.00. The molecule has 0 unspecified atom stereocenters. The monoisotopic (exact) mass is 333 g/mol. The lowest BCUT2D eigenvalue weighted by atomic mass is 10.1. The first-order valence-electron chi connectivity index (χ1n) is 8.95. The first-order valence-corrected chi connectivity index (χ1v) is 8.95. The van der Waals surface area contributed by atoms with Gasteiger partial charge in [0, 0.05) is 23.9 Å². The first-order chi connectivity index (χ1) is 12.3. The number of rotatable bonds is 5. The van der Waals surface area contributed by atoms with Gasteiger partial charge in [-0.05, 0) is 57.1 Å². The van der Waals surface area contributed by atoms with E-state index < -0.39 is 0 Å². The number of benzene rings is 1. The Morgan fingerprint density at radius 1 is 0.880 bits per heavy atom. The highest BCUT2D eigenvalue weighted by Gasteiger charge is 2.11. The maximum atomic E-state index is 4.74. The first kappa shape index (κ1) is 16.0. The Bertz CT molecular complexity index is 831. The molecule has 0 saturated carbocycles. The summed E-state index contributed by atoms with van der Waals surface area (Å²) in [5, 5.41) is 13.2. The molecule has 128 valence electrons. The molecule has 0 spiro atoms. The number of aryl methyl sites for hydroxylation is 1. The van der Waals surface area contributed by atoms with Gasteiger partial charge in [0.25, 0.3) is 0 Å². The lowest BCUT2D eigenvalue weighted by Crippen LogP contribution is -2.24. The van der Waals surface area contributed by atoms with Crippen LogP contribution < -0.4 is 0 Å². The van der Waals surface area contributed by atoms with Crippen molar-refractivity contribution in [3.8, 4) is 22.5 Å². The van der Waals surface area contributed by atoms with Crippen molar-refractivity contribution in [2.24, 2.45) is 0 Å². The van der Waals surface area contributed by atoms with E-state index >= 15 is 0 Å². The van der Waals surface area contributed by atoms with Crippen molar-refractivity contribution < 1.29 is 0 Å². The van der Waals surface area contributed by atoms with E-state index in [-0.39, 0.29) is 0 Å². The van der Waals surface area contributed by atoms with E-state index in [2.05, 4.69) is 51.6 Å². The van der Waals surface area contributed by atoms with E-state index in [1.54, 1.807) is 0 Å². The molecule has 0 aliphatic carbocycles. The highest BCUT2D eigenvalue weighted by molar-refractivity contribution is 5.68. The minimum absolute atomic E-state index is 0.890. The molecule has 1 aliphatic heterocycles. The maximum Gasteiger partial charge on any atom is 0.0930 e. The average Bonchev–Trinajstić information content (AvgIpc) is 3.33. The number of hydrogen-bond donors (Lipinski definition) is 0. The summed E-state index contributed by atoms with van der Waals surface area (Å²) in [6.45, 7) is 6.44. The van der Waals surface area contributed by atoms with Crippen molar-refractivity contribution in [2.75, 3.05) is 19.6 Å². The Balaban J connectivity index is 1.50. The van der Waals surface area contributed by atoms with Gasteiger partial charge in [-0.1, -0.05) is 18.2 Å². The van der Waals surface area contributed by atoms with Crippen LogP contribution in [0.2, 0.25) is 0 Å². The molecule has 0 N–H and O–H groups in total. The number of hydrogen-bond acceptors (Lipinski definition) is 4. The minimum atomic E-state index is 0.890. The van der Waals surface area contributed by atoms with Crippen molar-refractivity contribution in [3.63, 3.8) is 0 Å². The van der Waals surface area contributed by atoms with E-state index in [0.717, 1.165) is 41.3 Å². The second-order valence-corrected chi connectivity index (χ2v) is 6.65. The normalized spacial score (nSPS) is 14.9. The van der Waals surface area contributed by atoms with E-state index in [0.29, 0.717) is 0 Å². The summed E-state index contributed by atoms with van der Waals surface area (Å²) in [6, 6.07) is 14.4. The Labute approximate surface area is 148 Å². The Morgan fingerprint density at radius 3 is 2.44 bits per heavy atom. The summed E-state index contributed by atoms with van der Waals surface area (Å²) < 4.78 is 2.05. The van der Waals surface area contributed by atoms with Crippen LogP contribution in [-0.4, -0.2) is 44.5 Å². The second-order valence-electron chi connectivity index (χ2n) is 6.65. The van der Waals surface area contributed by atoms with Gasteiger partial charge in [0.1, 0.15) is 0 Å². The van der Waals surface area contributed by atoms with Gasteiger partial charge in [-0.2, -0.15) is 15.3 Å². The molecule has 1 aliphatic rings. The van der Waals surface area contributed by atoms with Crippen LogP contribution in [-0.2, 0) is 6.54 Å². The highest BCUT2D eigenvalue weighted by atomic mass is 15.3. The lowest BCUT2D eigenvalue weighted by molar-refractivity contribution is 0.316. The molecule has 4 rings (SSSR count). The molecular formula is C20H23N5. The summed E-state index contributed by atoms with van der Waals surface area (Å²) in [7, 11) is 0. The second kappa shape index (κ2) is 7.15. The molecular weight excluding hydrogens is 310 g/mol. The van der Waals surface area contributed by atoms with Gasteiger partial charge in [0.05, 0.1) is 23.6 Å². The van der Waals surface area contributed by atoms with Crippen LogP contribution >= 0.6 is 0 Å². The third kappa shape index (κ3) is 3.77. The van der Waals surface area contributed by atoms with Crippen LogP contribution in [0.15, 0.2) is 48.7 Å². The van der Waals surface area contributed by atoms with Gasteiger partial charge in [0.2, 0.25) is 0 Å². The van der Waals surface area contributed by atoms with Crippen molar-refractivity contribution in [3.05, 3.63) is 54.4 Å². The molecule has 1 fully saturated rings. The zero-order valence-electron chi connectivity index (χ0n) is 14.6. The smallest absolute Gasteiger partial charge is 0.0930 e. The topological polar surface area (TPSA) is 46.8 Å². The fourth-order valence-electron chi connectivity index (χ4n) is 3.28. The Morgan fingerprint density at radius 2 is 1.68 bits per heavy atom. The number of nitrogens with zero attached hydrogens (tertiary/aromatic N) is 5. The molecule has 5 heteroatoms. The van der Waals surface area contributed by atoms with E-state index in [9.17, 15) is 0 Å². The molecule has 0 atom stereocenters. The van der Waals surface area contributed by atoms with Crippen LogP contribution in [0.5, 0.6) is 0 Å². The molecule has 0 radical (unpaired) electrons. The van der Waals surface area contributed by atoms with Crippen molar-refractivity contribution in [1.82, 2.24) is 24.9 Å². The largest absolute Gasteiger partial charge is 0.301 e. The molecule has 2 aromatic heterocycles. The molecule has 0 bridgehead atoms.